The van der Waals surface area contributed by atoms with E-state index in [1.165, 1.54) is 6.07 Å². The second-order valence-corrected chi connectivity index (χ2v) is 6.92. The third kappa shape index (κ3) is 4.13. The Labute approximate surface area is 175 Å². The summed E-state index contributed by atoms with van der Waals surface area (Å²) in [6.45, 7) is -0.614. The fourth-order valence-corrected chi connectivity index (χ4v) is 3.51. The predicted octanol–water partition coefficient (Wildman–Crippen LogP) is 3.20. The Balaban J connectivity index is 1.44. The van der Waals surface area contributed by atoms with E-state index in [2.05, 4.69) is 10.4 Å². The van der Waals surface area contributed by atoms with Crippen LogP contribution in [0.4, 0.5) is 15.8 Å². The van der Waals surface area contributed by atoms with Crippen molar-refractivity contribution in [2.45, 2.75) is 19.3 Å². The topological polar surface area (TPSA) is 116 Å². The molecule has 0 radical (unpaired) electrons. The van der Waals surface area contributed by atoms with Crippen molar-refractivity contribution in [3.05, 3.63) is 81.4 Å². The number of halogens is 1. The summed E-state index contributed by atoms with van der Waals surface area (Å²) in [7, 11) is 0. The van der Waals surface area contributed by atoms with Gasteiger partial charge in [-0.2, -0.15) is 9.49 Å². The summed E-state index contributed by atoms with van der Waals surface area (Å²) in [6, 6.07) is 12.4. The Morgan fingerprint density at radius 2 is 1.97 bits per heavy atom. The van der Waals surface area contributed by atoms with E-state index in [0.717, 1.165) is 41.9 Å². The Kier molecular flexibility index (Phi) is 5.44. The number of esters is 1. The van der Waals surface area contributed by atoms with E-state index in [1.54, 1.807) is 4.68 Å². The normalized spacial score (nSPS) is 12.3. The van der Waals surface area contributed by atoms with Gasteiger partial charge < -0.3 is 10.1 Å². The second-order valence-electron chi connectivity index (χ2n) is 6.92. The molecule has 3 aromatic rings. The van der Waals surface area contributed by atoms with Crippen LogP contribution in [0.2, 0.25) is 0 Å². The Morgan fingerprint density at radius 1 is 1.19 bits per heavy atom. The average Bonchev–Trinajstić information content (AvgIpc) is 3.37. The van der Waals surface area contributed by atoms with E-state index in [-0.39, 0.29) is 11.4 Å². The van der Waals surface area contributed by atoms with Crippen LogP contribution in [0, 0.1) is 15.9 Å². The molecule has 1 aliphatic carbocycles. The zero-order chi connectivity index (χ0) is 22.0. The van der Waals surface area contributed by atoms with Gasteiger partial charge in [-0.3, -0.25) is 14.9 Å². The molecule has 0 unspecified atom stereocenters. The highest BCUT2D eigenvalue weighted by Crippen LogP contribution is 2.28. The first-order valence-corrected chi connectivity index (χ1v) is 9.51. The fraction of sp³-hybridized carbons (Fsp3) is 0.190. The number of amides is 1. The average molecular weight is 424 g/mol. The highest BCUT2D eigenvalue weighted by atomic mass is 19.1. The maximum absolute atomic E-state index is 13.4. The van der Waals surface area contributed by atoms with E-state index in [9.17, 15) is 24.1 Å². The summed E-state index contributed by atoms with van der Waals surface area (Å²) in [5.74, 6) is -2.46. The number of anilines is 1. The van der Waals surface area contributed by atoms with E-state index in [0.29, 0.717) is 6.42 Å². The van der Waals surface area contributed by atoms with Gasteiger partial charge in [-0.05, 0) is 43.5 Å². The summed E-state index contributed by atoms with van der Waals surface area (Å²) in [5, 5.41) is 17.5. The maximum Gasteiger partial charge on any atom is 0.359 e. The van der Waals surface area contributed by atoms with Gasteiger partial charge in [-0.25, -0.2) is 9.48 Å². The number of para-hydroxylation sites is 1. The highest BCUT2D eigenvalue weighted by Gasteiger charge is 2.28. The molecule has 10 heteroatoms. The van der Waals surface area contributed by atoms with Gasteiger partial charge in [0, 0.05) is 23.0 Å². The van der Waals surface area contributed by atoms with Gasteiger partial charge in [-0.1, -0.05) is 18.2 Å². The first kappa shape index (κ1) is 20.2. The number of benzene rings is 2. The highest BCUT2D eigenvalue weighted by molar-refractivity contribution is 5.95. The molecule has 4 rings (SSSR count). The Hall–Kier alpha value is -4.08. The number of carbonyl (C=O) groups is 2. The van der Waals surface area contributed by atoms with Gasteiger partial charge in [0.1, 0.15) is 0 Å². The number of carbonyl (C=O) groups excluding carboxylic acids is 2. The molecule has 1 amide bonds. The third-order valence-corrected chi connectivity index (χ3v) is 4.89. The van der Waals surface area contributed by atoms with Gasteiger partial charge in [-0.15, -0.1) is 0 Å². The summed E-state index contributed by atoms with van der Waals surface area (Å²) in [6.07, 6.45) is 2.37. The lowest BCUT2D eigenvalue weighted by atomic mass is 10.2. The molecule has 1 heterocycles. The van der Waals surface area contributed by atoms with Crippen LogP contribution < -0.4 is 5.32 Å². The molecule has 0 bridgehead atoms. The van der Waals surface area contributed by atoms with Crippen LogP contribution in [0.25, 0.3) is 5.69 Å². The second kappa shape index (κ2) is 8.34. The molecule has 1 N–H and O–H groups in total. The lowest BCUT2D eigenvalue weighted by Crippen LogP contribution is -2.21. The molecular formula is C21H17FN4O5. The number of nitrogens with zero attached hydrogens (tertiary/aromatic N) is 3. The van der Waals surface area contributed by atoms with Crippen molar-refractivity contribution in [1.29, 1.82) is 0 Å². The maximum atomic E-state index is 13.4. The van der Waals surface area contributed by atoms with E-state index in [1.807, 2.05) is 30.3 Å². The molecule has 1 aromatic heterocycles. The van der Waals surface area contributed by atoms with Crippen LogP contribution in [-0.2, 0) is 22.4 Å². The summed E-state index contributed by atoms with van der Waals surface area (Å²) >= 11 is 0. The molecule has 0 aliphatic heterocycles. The van der Waals surface area contributed by atoms with Crippen molar-refractivity contribution < 1.29 is 23.6 Å². The van der Waals surface area contributed by atoms with Crippen LogP contribution in [0.3, 0.4) is 0 Å². The molecule has 1 aliphatic rings. The quantitative estimate of drug-likeness (QED) is 0.369. The van der Waals surface area contributed by atoms with Crippen molar-refractivity contribution in [2.75, 3.05) is 11.9 Å². The fourth-order valence-electron chi connectivity index (χ4n) is 3.51. The number of nitro benzene ring substituents is 1. The van der Waals surface area contributed by atoms with Crippen molar-refractivity contribution in [3.8, 4) is 5.69 Å². The van der Waals surface area contributed by atoms with Gasteiger partial charge in [0.15, 0.2) is 12.3 Å². The summed E-state index contributed by atoms with van der Waals surface area (Å²) < 4.78 is 20.2. The monoisotopic (exact) mass is 424 g/mol. The molecule has 0 atom stereocenters. The first-order valence-electron chi connectivity index (χ1n) is 9.51. The van der Waals surface area contributed by atoms with Gasteiger partial charge in [0.2, 0.25) is 5.82 Å². The summed E-state index contributed by atoms with van der Waals surface area (Å²) in [4.78, 5) is 34.6. The lowest BCUT2D eigenvalue weighted by molar-refractivity contribution is -0.387. The Morgan fingerprint density at radius 3 is 2.71 bits per heavy atom. The first-order chi connectivity index (χ1) is 14.9. The number of hydrogen-bond acceptors (Lipinski definition) is 6. The van der Waals surface area contributed by atoms with Gasteiger partial charge in [0.25, 0.3) is 5.91 Å². The molecule has 0 saturated carbocycles. The molecular weight excluding hydrogens is 407 g/mol. The lowest BCUT2D eigenvalue weighted by Gasteiger charge is -2.07. The van der Waals surface area contributed by atoms with E-state index < -0.39 is 34.9 Å². The number of aromatic nitrogens is 2. The summed E-state index contributed by atoms with van der Waals surface area (Å²) in [5.41, 5.74) is 2.00. The largest absolute Gasteiger partial charge is 0.451 e. The number of rotatable bonds is 6. The standard InChI is InChI=1S/C21H17FN4O5/c22-16-10-9-13(11-18(16)26(29)30)23-19(27)12-31-21(28)20-15-7-4-8-17(15)25(24-20)14-5-2-1-3-6-14/h1-3,5-6,9-11H,4,7-8,12H2,(H,23,27). The molecule has 2 aromatic carbocycles. The number of fused-ring (bicyclic) bond motifs is 1. The van der Waals surface area contributed by atoms with Gasteiger partial charge >= 0.3 is 11.7 Å². The van der Waals surface area contributed by atoms with Crippen molar-refractivity contribution >= 4 is 23.3 Å². The minimum Gasteiger partial charge on any atom is -0.451 e. The number of nitrogens with one attached hydrogen (secondary N) is 1. The molecule has 0 fully saturated rings. The van der Waals surface area contributed by atoms with Crippen LogP contribution >= 0.6 is 0 Å². The van der Waals surface area contributed by atoms with Crippen molar-refractivity contribution in [2.24, 2.45) is 0 Å². The van der Waals surface area contributed by atoms with Gasteiger partial charge in [0.05, 0.1) is 10.6 Å². The number of nitro groups is 1. The molecule has 158 valence electrons. The third-order valence-electron chi connectivity index (χ3n) is 4.89. The SMILES string of the molecule is O=C(COC(=O)c1nn(-c2ccccc2)c2c1CCC2)Nc1ccc(F)c([N+](=O)[O-])c1. The van der Waals surface area contributed by atoms with E-state index >= 15 is 0 Å². The van der Waals surface area contributed by atoms with Crippen molar-refractivity contribution in [1.82, 2.24) is 9.78 Å². The van der Waals surface area contributed by atoms with Crippen LogP contribution in [0.1, 0.15) is 28.2 Å². The molecule has 9 nitrogen and oxygen atoms in total. The van der Waals surface area contributed by atoms with Crippen LogP contribution in [0.15, 0.2) is 48.5 Å². The number of hydrogen-bond donors (Lipinski definition) is 1. The minimum absolute atomic E-state index is 0.0170. The number of ether oxygens (including phenoxy) is 1. The predicted molar refractivity (Wildman–Crippen MR) is 108 cm³/mol. The van der Waals surface area contributed by atoms with Crippen LogP contribution in [-0.4, -0.2) is 33.2 Å². The molecule has 0 saturated heterocycles. The smallest absolute Gasteiger partial charge is 0.359 e. The molecule has 0 spiro atoms. The minimum atomic E-state index is -1.02. The van der Waals surface area contributed by atoms with Crippen molar-refractivity contribution in [3.63, 3.8) is 0 Å². The zero-order valence-corrected chi connectivity index (χ0v) is 16.2. The zero-order valence-electron chi connectivity index (χ0n) is 16.2. The Bertz CT molecular complexity index is 1180. The molecule has 31 heavy (non-hydrogen) atoms. The van der Waals surface area contributed by atoms with E-state index in [4.69, 9.17) is 4.74 Å². The van der Waals surface area contributed by atoms with Crippen LogP contribution in [0.5, 0.6) is 0 Å².